The zero-order valence-electron chi connectivity index (χ0n) is 16.2. The molecule has 4 nitrogen and oxygen atoms in total. The van der Waals surface area contributed by atoms with E-state index in [4.69, 9.17) is 11.0 Å². The Morgan fingerprint density at radius 2 is 2.12 bits per heavy atom. The van der Waals surface area contributed by atoms with Crippen molar-refractivity contribution in [2.24, 2.45) is 5.73 Å². The smallest absolute Gasteiger partial charge is 0.140 e. The molecule has 2 heterocycles. The van der Waals surface area contributed by atoms with E-state index in [0.29, 0.717) is 5.69 Å². The van der Waals surface area contributed by atoms with Gasteiger partial charge in [-0.1, -0.05) is 26.8 Å². The molecule has 26 heavy (non-hydrogen) atoms. The van der Waals surface area contributed by atoms with E-state index in [2.05, 4.69) is 55.8 Å². The molecule has 0 aliphatic carbocycles. The van der Waals surface area contributed by atoms with Crippen molar-refractivity contribution in [2.75, 3.05) is 11.4 Å². The summed E-state index contributed by atoms with van der Waals surface area (Å²) in [5, 5.41) is 9.11. The molecule has 0 radical (unpaired) electrons. The predicted octanol–water partition coefficient (Wildman–Crippen LogP) is 4.22. The Balaban J connectivity index is 2.05. The van der Waals surface area contributed by atoms with Crippen molar-refractivity contribution in [2.45, 2.75) is 58.5 Å². The molecule has 3 rings (SSSR count). The van der Waals surface area contributed by atoms with Gasteiger partial charge in [-0.2, -0.15) is 5.26 Å². The molecule has 0 unspecified atom stereocenters. The second-order valence-corrected chi connectivity index (χ2v) is 7.93. The lowest BCUT2D eigenvalue weighted by Crippen LogP contribution is -2.37. The Kier molecular flexibility index (Phi) is 5.02. The second kappa shape index (κ2) is 7.09. The lowest BCUT2D eigenvalue weighted by atomic mass is 9.75. The lowest BCUT2D eigenvalue weighted by molar-refractivity contribution is 0.451. The largest absolute Gasteiger partial charge is 0.367 e. The van der Waals surface area contributed by atoms with Crippen LogP contribution in [0.5, 0.6) is 0 Å². The Morgan fingerprint density at radius 3 is 2.77 bits per heavy atom. The minimum absolute atomic E-state index is 0.0215. The van der Waals surface area contributed by atoms with E-state index in [9.17, 15) is 0 Å². The predicted molar refractivity (Wildman–Crippen MR) is 106 cm³/mol. The number of nitrogens with zero attached hydrogens (tertiary/aromatic N) is 3. The molecule has 0 saturated heterocycles. The fourth-order valence-corrected chi connectivity index (χ4v) is 3.87. The molecule has 0 fully saturated rings. The van der Waals surface area contributed by atoms with Gasteiger partial charge >= 0.3 is 0 Å². The maximum Gasteiger partial charge on any atom is 0.140 e. The van der Waals surface area contributed by atoms with Gasteiger partial charge in [0, 0.05) is 31.0 Å². The van der Waals surface area contributed by atoms with E-state index >= 15 is 0 Å². The fraction of sp³-hybridized carbons (Fsp3) is 0.455. The van der Waals surface area contributed by atoms with Crippen LogP contribution in [0.1, 0.15) is 68.1 Å². The molecular weight excluding hydrogens is 320 g/mol. The maximum absolute atomic E-state index is 9.11. The Morgan fingerprint density at radius 1 is 1.35 bits per heavy atom. The lowest BCUT2D eigenvalue weighted by Gasteiger charge is -2.41. The molecule has 2 N–H and O–H groups in total. The number of aromatic nitrogens is 1. The summed E-state index contributed by atoms with van der Waals surface area (Å²) in [6, 6.07) is 10.7. The molecule has 1 aliphatic heterocycles. The molecule has 1 aromatic heterocycles. The van der Waals surface area contributed by atoms with Gasteiger partial charge in [-0.15, -0.1) is 0 Å². The van der Waals surface area contributed by atoms with Crippen molar-refractivity contribution in [3.8, 4) is 6.07 Å². The van der Waals surface area contributed by atoms with Gasteiger partial charge in [0.2, 0.25) is 0 Å². The Bertz CT molecular complexity index is 846. The first kappa shape index (κ1) is 18.4. The van der Waals surface area contributed by atoms with Gasteiger partial charge in [0.15, 0.2) is 0 Å². The summed E-state index contributed by atoms with van der Waals surface area (Å²) in [4.78, 5) is 6.50. The van der Waals surface area contributed by atoms with Gasteiger partial charge in [0.1, 0.15) is 11.8 Å². The van der Waals surface area contributed by atoms with Crippen LogP contribution in [-0.4, -0.2) is 11.5 Å². The topological polar surface area (TPSA) is 65.9 Å². The molecule has 136 valence electrons. The average Bonchev–Trinajstić information content (AvgIpc) is 2.63. The summed E-state index contributed by atoms with van der Waals surface area (Å²) < 4.78 is 0. The fourth-order valence-electron chi connectivity index (χ4n) is 3.87. The van der Waals surface area contributed by atoms with Gasteiger partial charge in [-0.3, -0.25) is 0 Å². The highest BCUT2D eigenvalue weighted by Crippen LogP contribution is 2.42. The summed E-state index contributed by atoms with van der Waals surface area (Å²) in [5.41, 5.74) is 13.3. The Hall–Kier alpha value is -2.38. The SMILES string of the molecule is CCc1cc2c(cc1[C@@H](C)N)N(Cc1ccnc(C#N)c1)CCC2(C)C. The number of hydrogen-bond donors (Lipinski definition) is 1. The molecule has 0 bridgehead atoms. The zero-order valence-corrected chi connectivity index (χ0v) is 16.2. The van der Waals surface area contributed by atoms with Gasteiger partial charge in [0.05, 0.1) is 0 Å². The highest BCUT2D eigenvalue weighted by molar-refractivity contribution is 5.63. The molecule has 0 spiro atoms. The highest BCUT2D eigenvalue weighted by Gasteiger charge is 2.32. The molecule has 1 atom stereocenters. The van der Waals surface area contributed by atoms with Crippen molar-refractivity contribution in [1.82, 2.24) is 4.98 Å². The second-order valence-electron chi connectivity index (χ2n) is 7.93. The van der Waals surface area contributed by atoms with Gasteiger partial charge < -0.3 is 10.6 Å². The maximum atomic E-state index is 9.11. The van der Waals surface area contributed by atoms with Crippen LogP contribution in [-0.2, 0) is 18.4 Å². The number of hydrogen-bond acceptors (Lipinski definition) is 4. The van der Waals surface area contributed by atoms with E-state index in [1.165, 1.54) is 22.4 Å². The molecule has 0 saturated carbocycles. The minimum Gasteiger partial charge on any atom is -0.367 e. The van der Waals surface area contributed by atoms with Crippen LogP contribution in [0.15, 0.2) is 30.5 Å². The van der Waals surface area contributed by atoms with Gasteiger partial charge in [-0.25, -0.2) is 4.98 Å². The van der Waals surface area contributed by atoms with Crippen LogP contribution in [0.2, 0.25) is 0 Å². The number of nitrogens with two attached hydrogens (primary N) is 1. The van der Waals surface area contributed by atoms with Crippen LogP contribution < -0.4 is 10.6 Å². The summed E-state index contributed by atoms with van der Waals surface area (Å²) >= 11 is 0. The molecule has 1 aliphatic rings. The van der Waals surface area contributed by atoms with Crippen LogP contribution in [0.3, 0.4) is 0 Å². The first-order valence-electron chi connectivity index (χ1n) is 9.38. The first-order valence-corrected chi connectivity index (χ1v) is 9.38. The summed E-state index contributed by atoms with van der Waals surface area (Å²) in [6.45, 7) is 10.7. The quantitative estimate of drug-likeness (QED) is 0.898. The number of benzene rings is 1. The monoisotopic (exact) mass is 348 g/mol. The van der Waals surface area contributed by atoms with Crippen LogP contribution >= 0.6 is 0 Å². The van der Waals surface area contributed by atoms with Crippen molar-refractivity contribution in [1.29, 1.82) is 5.26 Å². The zero-order chi connectivity index (χ0) is 18.9. The number of aryl methyl sites for hydroxylation is 1. The number of anilines is 1. The summed E-state index contributed by atoms with van der Waals surface area (Å²) in [6.07, 6.45) is 3.82. The molecule has 0 amide bonds. The number of nitriles is 1. The van der Waals surface area contributed by atoms with Crippen molar-refractivity contribution in [3.05, 3.63) is 58.4 Å². The highest BCUT2D eigenvalue weighted by atomic mass is 15.1. The van der Waals surface area contributed by atoms with E-state index in [-0.39, 0.29) is 11.5 Å². The molecule has 4 heteroatoms. The summed E-state index contributed by atoms with van der Waals surface area (Å²) in [5.74, 6) is 0. The van der Waals surface area contributed by atoms with Crippen molar-refractivity contribution in [3.63, 3.8) is 0 Å². The van der Waals surface area contributed by atoms with Gasteiger partial charge in [-0.05, 0) is 65.6 Å². The number of rotatable bonds is 4. The molecular formula is C22H28N4. The normalized spacial score (nSPS) is 16.7. The summed E-state index contributed by atoms with van der Waals surface area (Å²) in [7, 11) is 0. The molecule has 1 aromatic carbocycles. The van der Waals surface area contributed by atoms with Crippen molar-refractivity contribution >= 4 is 5.69 Å². The van der Waals surface area contributed by atoms with Crippen LogP contribution in [0, 0.1) is 11.3 Å². The van der Waals surface area contributed by atoms with Gasteiger partial charge in [0.25, 0.3) is 0 Å². The molecule has 2 aromatic rings. The van der Waals surface area contributed by atoms with Crippen LogP contribution in [0.4, 0.5) is 5.69 Å². The minimum atomic E-state index is 0.0215. The Labute approximate surface area is 156 Å². The van der Waals surface area contributed by atoms with E-state index in [0.717, 1.165) is 31.5 Å². The third-order valence-electron chi connectivity index (χ3n) is 5.52. The first-order chi connectivity index (χ1) is 12.4. The third-order valence-corrected chi connectivity index (χ3v) is 5.52. The van der Waals surface area contributed by atoms with E-state index in [1.54, 1.807) is 6.20 Å². The third kappa shape index (κ3) is 3.45. The number of pyridine rings is 1. The van der Waals surface area contributed by atoms with E-state index in [1.807, 2.05) is 12.1 Å². The average molecular weight is 348 g/mol. The van der Waals surface area contributed by atoms with Crippen LogP contribution in [0.25, 0.3) is 0 Å². The van der Waals surface area contributed by atoms with Crippen molar-refractivity contribution < 1.29 is 0 Å². The standard InChI is InChI=1S/C22H28N4/c1-5-17-11-20-21(12-19(17)15(2)24)26(9-7-22(20,3)4)14-16-6-8-25-18(10-16)13-23/h6,8,10-12,15H,5,7,9,14,24H2,1-4H3/t15-/m1/s1. The van der Waals surface area contributed by atoms with E-state index < -0.39 is 0 Å². The number of fused-ring (bicyclic) bond motifs is 1.